The van der Waals surface area contributed by atoms with E-state index in [4.69, 9.17) is 25.8 Å². The van der Waals surface area contributed by atoms with Gasteiger partial charge in [0, 0.05) is 30.1 Å². The van der Waals surface area contributed by atoms with Crippen molar-refractivity contribution in [3.8, 4) is 5.75 Å². The summed E-state index contributed by atoms with van der Waals surface area (Å²) in [6, 6.07) is 11.7. The highest BCUT2D eigenvalue weighted by Gasteiger charge is 2.27. The van der Waals surface area contributed by atoms with Crippen molar-refractivity contribution in [2.75, 3.05) is 33.4 Å². The van der Waals surface area contributed by atoms with Crippen LogP contribution < -0.4 is 4.74 Å². The number of halogens is 1. The monoisotopic (exact) mass is 490 g/mol. The molecule has 4 rings (SSSR count). The van der Waals surface area contributed by atoms with E-state index in [2.05, 4.69) is 4.98 Å². The summed E-state index contributed by atoms with van der Waals surface area (Å²) in [5, 5.41) is 1.03. The lowest BCUT2D eigenvalue weighted by molar-refractivity contribution is 0.0471. The highest BCUT2D eigenvalue weighted by Crippen LogP contribution is 2.26. The second-order valence-electron chi connectivity index (χ2n) is 7.57. The van der Waals surface area contributed by atoms with Crippen LogP contribution in [0.3, 0.4) is 0 Å². The van der Waals surface area contributed by atoms with Crippen LogP contribution in [-0.4, -0.2) is 57.1 Å². The number of carbonyl (C=O) groups excluding carboxylic acids is 1. The SMILES string of the molecule is COc1ccc2cc(COC(=O)c3cc(S(=O)(=O)N4CCOCC4)ccc3C)c(Cl)nc2c1. The molecule has 0 saturated carbocycles. The molecule has 1 aliphatic rings. The van der Waals surface area contributed by atoms with Gasteiger partial charge in [0.1, 0.15) is 17.5 Å². The highest BCUT2D eigenvalue weighted by molar-refractivity contribution is 7.89. The summed E-state index contributed by atoms with van der Waals surface area (Å²) in [4.78, 5) is 17.2. The van der Waals surface area contributed by atoms with Gasteiger partial charge in [-0.1, -0.05) is 17.7 Å². The van der Waals surface area contributed by atoms with Crippen molar-refractivity contribution in [1.29, 1.82) is 0 Å². The molecule has 1 aliphatic heterocycles. The number of aromatic nitrogens is 1. The molecular weight excluding hydrogens is 468 g/mol. The second-order valence-corrected chi connectivity index (χ2v) is 9.86. The van der Waals surface area contributed by atoms with Gasteiger partial charge in [0.25, 0.3) is 0 Å². The molecule has 8 nitrogen and oxygen atoms in total. The van der Waals surface area contributed by atoms with Crippen LogP contribution in [0, 0.1) is 6.92 Å². The van der Waals surface area contributed by atoms with Gasteiger partial charge < -0.3 is 14.2 Å². The quantitative estimate of drug-likeness (QED) is 0.385. The standard InChI is InChI=1S/C23H23ClN2O6S/c1-15-3-6-19(33(28,29)26-7-9-31-10-8-26)13-20(15)23(27)32-14-17-11-16-4-5-18(30-2)12-21(16)25-22(17)24/h3-6,11-13H,7-10,14H2,1-2H3. The zero-order valence-corrected chi connectivity index (χ0v) is 19.8. The zero-order chi connectivity index (χ0) is 23.6. The van der Waals surface area contributed by atoms with E-state index in [0.717, 1.165) is 5.39 Å². The third-order valence-electron chi connectivity index (χ3n) is 5.45. The van der Waals surface area contributed by atoms with E-state index < -0.39 is 16.0 Å². The summed E-state index contributed by atoms with van der Waals surface area (Å²) in [5.41, 5.74) is 1.98. The van der Waals surface area contributed by atoms with Crippen LogP contribution in [0.4, 0.5) is 0 Å². The average molecular weight is 491 g/mol. The van der Waals surface area contributed by atoms with E-state index >= 15 is 0 Å². The fraction of sp³-hybridized carbons (Fsp3) is 0.304. The van der Waals surface area contributed by atoms with Gasteiger partial charge in [-0.25, -0.2) is 18.2 Å². The van der Waals surface area contributed by atoms with Crippen molar-refractivity contribution >= 4 is 38.5 Å². The third-order valence-corrected chi connectivity index (χ3v) is 7.67. The molecule has 0 amide bonds. The third kappa shape index (κ3) is 4.96. The minimum atomic E-state index is -3.73. The van der Waals surface area contributed by atoms with Gasteiger partial charge in [0.05, 0.1) is 36.3 Å². The maximum Gasteiger partial charge on any atom is 0.338 e. The van der Waals surface area contributed by atoms with Crippen molar-refractivity contribution in [1.82, 2.24) is 9.29 Å². The van der Waals surface area contributed by atoms with E-state index in [1.54, 1.807) is 38.3 Å². The number of aryl methyl sites for hydroxylation is 1. The van der Waals surface area contributed by atoms with Crippen molar-refractivity contribution < 1.29 is 27.4 Å². The predicted molar refractivity (Wildman–Crippen MR) is 123 cm³/mol. The minimum absolute atomic E-state index is 0.0429. The summed E-state index contributed by atoms with van der Waals surface area (Å²) in [6.07, 6.45) is 0. The van der Waals surface area contributed by atoms with Gasteiger partial charge >= 0.3 is 5.97 Å². The van der Waals surface area contributed by atoms with Crippen LogP contribution in [0.5, 0.6) is 5.75 Å². The molecule has 0 N–H and O–H groups in total. The maximum absolute atomic E-state index is 13.0. The lowest BCUT2D eigenvalue weighted by Gasteiger charge is -2.26. The number of fused-ring (bicyclic) bond motifs is 1. The number of nitrogens with zero attached hydrogens (tertiary/aromatic N) is 2. The molecule has 0 radical (unpaired) electrons. The molecule has 1 saturated heterocycles. The number of carbonyl (C=O) groups is 1. The molecule has 0 unspecified atom stereocenters. The summed E-state index contributed by atoms with van der Waals surface area (Å²) in [7, 11) is -2.17. The smallest absolute Gasteiger partial charge is 0.338 e. The van der Waals surface area contributed by atoms with Crippen molar-refractivity contribution in [3.63, 3.8) is 0 Å². The molecule has 10 heteroatoms. The van der Waals surface area contributed by atoms with Crippen LogP contribution in [0.15, 0.2) is 47.4 Å². The minimum Gasteiger partial charge on any atom is -0.497 e. The molecule has 0 atom stereocenters. The molecule has 2 heterocycles. The normalized spacial score (nSPS) is 14.9. The Balaban J connectivity index is 1.54. The molecule has 0 bridgehead atoms. The Bertz CT molecular complexity index is 1310. The maximum atomic E-state index is 13.0. The van der Waals surface area contributed by atoms with Gasteiger partial charge in [-0.15, -0.1) is 0 Å². The number of methoxy groups -OCH3 is 1. The zero-order valence-electron chi connectivity index (χ0n) is 18.2. The molecule has 0 spiro atoms. The first-order valence-electron chi connectivity index (χ1n) is 10.3. The Labute approximate surface area is 197 Å². The van der Waals surface area contributed by atoms with E-state index in [1.807, 2.05) is 6.07 Å². The average Bonchev–Trinajstić information content (AvgIpc) is 2.82. The Kier molecular flexibility index (Phi) is 6.85. The number of pyridine rings is 1. The second kappa shape index (κ2) is 9.64. The largest absolute Gasteiger partial charge is 0.497 e. The Morgan fingerprint density at radius 1 is 1.15 bits per heavy atom. The van der Waals surface area contributed by atoms with Crippen LogP contribution in [0.2, 0.25) is 5.15 Å². The van der Waals surface area contributed by atoms with Gasteiger partial charge in [-0.3, -0.25) is 0 Å². The van der Waals surface area contributed by atoms with Crippen molar-refractivity contribution in [3.05, 3.63) is 64.3 Å². The summed E-state index contributed by atoms with van der Waals surface area (Å²) in [6.45, 7) is 2.84. The lowest BCUT2D eigenvalue weighted by atomic mass is 10.1. The first-order valence-corrected chi connectivity index (χ1v) is 12.1. The first-order chi connectivity index (χ1) is 15.8. The molecule has 1 aromatic heterocycles. The van der Waals surface area contributed by atoms with Crippen molar-refractivity contribution in [2.24, 2.45) is 0 Å². The fourth-order valence-corrected chi connectivity index (χ4v) is 5.17. The Hall–Kier alpha value is -2.72. The summed E-state index contributed by atoms with van der Waals surface area (Å²) >= 11 is 6.29. The van der Waals surface area contributed by atoms with Crippen LogP contribution in [-0.2, 0) is 26.1 Å². The van der Waals surface area contributed by atoms with E-state index in [-0.39, 0.29) is 35.3 Å². The van der Waals surface area contributed by atoms with Crippen LogP contribution in [0.25, 0.3) is 10.9 Å². The molecule has 3 aromatic rings. The number of sulfonamides is 1. The molecule has 0 aliphatic carbocycles. The molecule has 33 heavy (non-hydrogen) atoms. The summed E-state index contributed by atoms with van der Waals surface area (Å²) < 4.78 is 43.2. The predicted octanol–water partition coefficient (Wildman–Crippen LogP) is 3.58. The fourth-order valence-electron chi connectivity index (χ4n) is 3.53. The van der Waals surface area contributed by atoms with E-state index in [1.165, 1.54) is 16.4 Å². The number of benzene rings is 2. The number of esters is 1. The molecule has 1 fully saturated rings. The van der Waals surface area contributed by atoms with Crippen LogP contribution in [0.1, 0.15) is 21.5 Å². The number of morpholine rings is 1. The van der Waals surface area contributed by atoms with Gasteiger partial charge in [0.15, 0.2) is 0 Å². The number of ether oxygens (including phenoxy) is 3. The molecular formula is C23H23ClN2O6S. The Morgan fingerprint density at radius 2 is 1.91 bits per heavy atom. The number of hydrogen-bond acceptors (Lipinski definition) is 7. The van der Waals surface area contributed by atoms with E-state index in [0.29, 0.717) is 35.6 Å². The van der Waals surface area contributed by atoms with Gasteiger partial charge in [-0.05, 0) is 42.8 Å². The van der Waals surface area contributed by atoms with Gasteiger partial charge in [-0.2, -0.15) is 4.31 Å². The number of hydrogen-bond donors (Lipinski definition) is 0. The topological polar surface area (TPSA) is 95.0 Å². The molecule has 174 valence electrons. The van der Waals surface area contributed by atoms with E-state index in [9.17, 15) is 13.2 Å². The highest BCUT2D eigenvalue weighted by atomic mass is 35.5. The first kappa shape index (κ1) is 23.4. The number of rotatable bonds is 6. The summed E-state index contributed by atoms with van der Waals surface area (Å²) in [5.74, 6) is 0.0186. The van der Waals surface area contributed by atoms with Crippen LogP contribution >= 0.6 is 11.6 Å². The van der Waals surface area contributed by atoms with Gasteiger partial charge in [0.2, 0.25) is 10.0 Å². The van der Waals surface area contributed by atoms with Crippen molar-refractivity contribution in [2.45, 2.75) is 18.4 Å². The lowest BCUT2D eigenvalue weighted by Crippen LogP contribution is -2.40. The Morgan fingerprint density at radius 3 is 2.64 bits per heavy atom. The molecule has 2 aromatic carbocycles.